The van der Waals surface area contributed by atoms with E-state index in [4.69, 9.17) is 0 Å². The summed E-state index contributed by atoms with van der Waals surface area (Å²) in [5, 5.41) is 6.30. The number of hydrogen-bond acceptors (Lipinski definition) is 3. The third-order valence-corrected chi connectivity index (χ3v) is 4.07. The zero-order chi connectivity index (χ0) is 14.8. The Morgan fingerprint density at radius 3 is 2.55 bits per heavy atom. The van der Waals surface area contributed by atoms with Crippen LogP contribution in [0.4, 0.5) is 0 Å². The highest BCUT2D eigenvalue weighted by molar-refractivity contribution is 7.99. The van der Waals surface area contributed by atoms with E-state index in [-0.39, 0.29) is 5.91 Å². The molecule has 0 heterocycles. The van der Waals surface area contributed by atoms with Crippen LogP contribution in [0.15, 0.2) is 29.2 Å². The van der Waals surface area contributed by atoms with E-state index in [2.05, 4.69) is 48.7 Å². The lowest BCUT2D eigenvalue weighted by Gasteiger charge is -2.14. The summed E-state index contributed by atoms with van der Waals surface area (Å²) in [6.45, 7) is 8.06. The average molecular weight is 294 g/mol. The molecule has 0 saturated heterocycles. The van der Waals surface area contributed by atoms with Crippen LogP contribution in [0.3, 0.4) is 0 Å². The van der Waals surface area contributed by atoms with Gasteiger partial charge in [-0.1, -0.05) is 19.1 Å². The summed E-state index contributed by atoms with van der Waals surface area (Å²) in [6.07, 6.45) is 1.73. The molecule has 1 aromatic rings. The minimum absolute atomic E-state index is 0.133. The first-order chi connectivity index (χ1) is 9.67. The number of rotatable bonds is 9. The molecule has 1 amide bonds. The number of amides is 1. The molecule has 1 aromatic carbocycles. The molecule has 0 aliphatic rings. The highest BCUT2D eigenvalue weighted by Gasteiger charge is 2.04. The molecule has 2 N–H and O–H groups in total. The summed E-state index contributed by atoms with van der Waals surface area (Å²) in [4.78, 5) is 12.6. The van der Waals surface area contributed by atoms with Gasteiger partial charge >= 0.3 is 0 Å². The fourth-order valence-electron chi connectivity index (χ4n) is 1.88. The van der Waals surface area contributed by atoms with Gasteiger partial charge in [0.05, 0.1) is 0 Å². The molecule has 4 heteroatoms. The van der Waals surface area contributed by atoms with Crippen LogP contribution in [0.25, 0.3) is 0 Å². The summed E-state index contributed by atoms with van der Waals surface area (Å²) in [7, 11) is 0. The first-order valence-electron chi connectivity index (χ1n) is 7.40. The van der Waals surface area contributed by atoms with Crippen molar-refractivity contribution in [3.05, 3.63) is 29.8 Å². The SMILES string of the molecule is CCCNC(C)c1ccc(SCCC(=O)NCC)cc1. The van der Waals surface area contributed by atoms with E-state index in [1.54, 1.807) is 11.8 Å². The summed E-state index contributed by atoms with van der Waals surface area (Å²) in [6, 6.07) is 9.01. The molecule has 1 rings (SSSR count). The molecule has 0 bridgehead atoms. The molecule has 112 valence electrons. The predicted octanol–water partition coefficient (Wildman–Crippen LogP) is 3.37. The molecule has 0 aliphatic heterocycles. The minimum Gasteiger partial charge on any atom is -0.356 e. The zero-order valence-corrected chi connectivity index (χ0v) is 13.6. The van der Waals surface area contributed by atoms with Crippen molar-refractivity contribution < 1.29 is 4.79 Å². The molecule has 1 atom stereocenters. The quantitative estimate of drug-likeness (QED) is 0.686. The van der Waals surface area contributed by atoms with Crippen LogP contribution in [0.2, 0.25) is 0 Å². The second kappa shape index (κ2) is 9.83. The van der Waals surface area contributed by atoms with Crippen LogP contribution >= 0.6 is 11.8 Å². The fourth-order valence-corrected chi connectivity index (χ4v) is 2.73. The van der Waals surface area contributed by atoms with E-state index in [1.165, 1.54) is 10.5 Å². The van der Waals surface area contributed by atoms with Crippen molar-refractivity contribution in [1.82, 2.24) is 10.6 Å². The van der Waals surface area contributed by atoms with Gasteiger partial charge in [-0.2, -0.15) is 0 Å². The third kappa shape index (κ3) is 6.44. The lowest BCUT2D eigenvalue weighted by molar-refractivity contribution is -0.120. The van der Waals surface area contributed by atoms with Gasteiger partial charge < -0.3 is 10.6 Å². The van der Waals surface area contributed by atoms with Crippen LogP contribution in [0.1, 0.15) is 45.2 Å². The van der Waals surface area contributed by atoms with Crippen LogP contribution in [-0.4, -0.2) is 24.7 Å². The molecular weight excluding hydrogens is 268 g/mol. The van der Waals surface area contributed by atoms with Gasteiger partial charge in [0.2, 0.25) is 5.91 Å². The van der Waals surface area contributed by atoms with Crippen molar-refractivity contribution >= 4 is 17.7 Å². The maximum atomic E-state index is 11.3. The molecule has 0 radical (unpaired) electrons. The van der Waals surface area contributed by atoms with E-state index in [9.17, 15) is 4.79 Å². The Bertz CT molecular complexity index is 392. The smallest absolute Gasteiger partial charge is 0.220 e. The van der Waals surface area contributed by atoms with Gasteiger partial charge in [-0.25, -0.2) is 0 Å². The summed E-state index contributed by atoms with van der Waals surface area (Å²) < 4.78 is 0. The molecule has 0 aromatic heterocycles. The molecule has 0 aliphatic carbocycles. The van der Waals surface area contributed by atoms with Crippen LogP contribution in [0.5, 0.6) is 0 Å². The second-order valence-electron chi connectivity index (χ2n) is 4.80. The van der Waals surface area contributed by atoms with Crippen molar-refractivity contribution in [3.63, 3.8) is 0 Å². The summed E-state index contributed by atoms with van der Waals surface area (Å²) in [5.74, 6) is 0.962. The van der Waals surface area contributed by atoms with Crippen molar-refractivity contribution in [1.29, 1.82) is 0 Å². The van der Waals surface area contributed by atoms with Crippen LogP contribution in [0, 0.1) is 0 Å². The zero-order valence-electron chi connectivity index (χ0n) is 12.7. The van der Waals surface area contributed by atoms with E-state index in [1.807, 2.05) is 6.92 Å². The number of carbonyl (C=O) groups is 1. The maximum Gasteiger partial charge on any atom is 0.220 e. The maximum absolute atomic E-state index is 11.3. The van der Waals surface area contributed by atoms with Gasteiger partial charge in [-0.05, 0) is 44.5 Å². The fraction of sp³-hybridized carbons (Fsp3) is 0.562. The van der Waals surface area contributed by atoms with Gasteiger partial charge in [0.15, 0.2) is 0 Å². The highest BCUT2D eigenvalue weighted by Crippen LogP contribution is 2.21. The lowest BCUT2D eigenvalue weighted by Crippen LogP contribution is -2.22. The number of hydrogen-bond donors (Lipinski definition) is 2. The molecular formula is C16H26N2OS. The van der Waals surface area contributed by atoms with E-state index >= 15 is 0 Å². The van der Waals surface area contributed by atoms with Gasteiger partial charge in [-0.15, -0.1) is 11.8 Å². The van der Waals surface area contributed by atoms with Crippen LogP contribution < -0.4 is 10.6 Å². The summed E-state index contributed by atoms with van der Waals surface area (Å²) in [5.41, 5.74) is 1.31. The minimum atomic E-state index is 0.133. The number of benzene rings is 1. The molecule has 0 saturated carbocycles. The predicted molar refractivity (Wildman–Crippen MR) is 87.2 cm³/mol. The van der Waals surface area contributed by atoms with Gasteiger partial charge in [-0.3, -0.25) is 4.79 Å². The molecule has 0 fully saturated rings. The third-order valence-electron chi connectivity index (χ3n) is 3.05. The molecule has 3 nitrogen and oxygen atoms in total. The Balaban J connectivity index is 2.36. The van der Waals surface area contributed by atoms with Crippen LogP contribution in [-0.2, 0) is 4.79 Å². The number of thioether (sulfide) groups is 1. The number of nitrogens with one attached hydrogen (secondary N) is 2. The van der Waals surface area contributed by atoms with E-state index in [0.717, 1.165) is 18.7 Å². The van der Waals surface area contributed by atoms with E-state index in [0.29, 0.717) is 19.0 Å². The molecule has 1 unspecified atom stereocenters. The first-order valence-corrected chi connectivity index (χ1v) is 8.38. The topological polar surface area (TPSA) is 41.1 Å². The Morgan fingerprint density at radius 1 is 1.25 bits per heavy atom. The first kappa shape index (κ1) is 17.1. The Hall–Kier alpha value is -1.00. The van der Waals surface area contributed by atoms with Crippen molar-refractivity contribution in [3.8, 4) is 0 Å². The average Bonchev–Trinajstić information content (AvgIpc) is 2.46. The van der Waals surface area contributed by atoms with Gasteiger partial charge in [0.1, 0.15) is 0 Å². The Kier molecular flexibility index (Phi) is 8.38. The lowest BCUT2D eigenvalue weighted by atomic mass is 10.1. The highest BCUT2D eigenvalue weighted by atomic mass is 32.2. The van der Waals surface area contributed by atoms with Gasteiger partial charge in [0.25, 0.3) is 0 Å². The second-order valence-corrected chi connectivity index (χ2v) is 5.97. The Morgan fingerprint density at radius 2 is 1.95 bits per heavy atom. The molecule has 0 spiro atoms. The van der Waals surface area contributed by atoms with Crippen molar-refractivity contribution in [2.75, 3.05) is 18.8 Å². The largest absolute Gasteiger partial charge is 0.356 e. The number of carbonyl (C=O) groups excluding carboxylic acids is 1. The summed E-state index contributed by atoms with van der Waals surface area (Å²) >= 11 is 1.73. The van der Waals surface area contributed by atoms with Gasteiger partial charge in [0, 0.05) is 29.7 Å². The molecule has 20 heavy (non-hydrogen) atoms. The van der Waals surface area contributed by atoms with Crippen molar-refractivity contribution in [2.45, 2.75) is 44.6 Å². The Labute approximate surface area is 126 Å². The van der Waals surface area contributed by atoms with Crippen molar-refractivity contribution in [2.24, 2.45) is 0 Å². The standard InChI is InChI=1S/C16H26N2OS/c1-4-11-18-13(3)14-6-8-15(9-7-14)20-12-10-16(19)17-5-2/h6-9,13,18H,4-5,10-12H2,1-3H3,(H,17,19). The normalized spacial score (nSPS) is 12.2. The van der Waals surface area contributed by atoms with E-state index < -0.39 is 0 Å². The monoisotopic (exact) mass is 294 g/mol.